The molecule has 1 heterocycles. The Morgan fingerprint density at radius 3 is 2.67 bits per heavy atom. The minimum atomic E-state index is -0.931. The van der Waals surface area contributed by atoms with Gasteiger partial charge >= 0.3 is 5.97 Å². The van der Waals surface area contributed by atoms with Crippen LogP contribution in [0.15, 0.2) is 6.33 Å². The van der Waals surface area contributed by atoms with Crippen molar-refractivity contribution in [1.29, 1.82) is 0 Å². The van der Waals surface area contributed by atoms with E-state index in [1.165, 1.54) is 43.3 Å². The van der Waals surface area contributed by atoms with Gasteiger partial charge in [0.2, 0.25) is 11.9 Å². The van der Waals surface area contributed by atoms with E-state index in [0.717, 1.165) is 6.42 Å². The zero-order valence-electron chi connectivity index (χ0n) is 12.1. The monoisotopic (exact) mass is 294 g/mol. The first kappa shape index (κ1) is 15.5. The van der Waals surface area contributed by atoms with Gasteiger partial charge in [0.25, 0.3) is 0 Å². The molecule has 7 heteroatoms. The fourth-order valence-electron chi connectivity index (χ4n) is 2.82. The zero-order valence-corrected chi connectivity index (χ0v) is 12.1. The molecule has 7 nitrogen and oxygen atoms in total. The molecule has 1 amide bonds. The Kier molecular flexibility index (Phi) is 5.71. The van der Waals surface area contributed by atoms with Gasteiger partial charge in [-0.25, -0.2) is 5.10 Å². The highest BCUT2D eigenvalue weighted by atomic mass is 16.4. The first-order valence-corrected chi connectivity index (χ1v) is 7.54. The van der Waals surface area contributed by atoms with Gasteiger partial charge in [0.1, 0.15) is 6.33 Å². The largest absolute Gasteiger partial charge is 0.481 e. The molecular formula is C14H22N4O3. The van der Waals surface area contributed by atoms with E-state index in [1.807, 2.05) is 0 Å². The van der Waals surface area contributed by atoms with E-state index in [0.29, 0.717) is 18.3 Å². The van der Waals surface area contributed by atoms with Crippen LogP contribution in [0.25, 0.3) is 0 Å². The third kappa shape index (κ3) is 4.84. The van der Waals surface area contributed by atoms with Crippen molar-refractivity contribution in [3.8, 4) is 0 Å². The van der Waals surface area contributed by atoms with E-state index in [9.17, 15) is 9.59 Å². The lowest BCUT2D eigenvalue weighted by Crippen LogP contribution is -2.34. The number of carbonyl (C=O) groups excluding carboxylic acids is 1. The van der Waals surface area contributed by atoms with Gasteiger partial charge in [-0.1, -0.05) is 32.1 Å². The van der Waals surface area contributed by atoms with E-state index in [1.54, 1.807) is 0 Å². The first-order chi connectivity index (χ1) is 10.2. The Hall–Kier alpha value is -1.92. The first-order valence-electron chi connectivity index (χ1n) is 7.54. The van der Waals surface area contributed by atoms with E-state index < -0.39 is 5.97 Å². The number of nitrogens with zero attached hydrogens (tertiary/aromatic N) is 3. The molecule has 2 rings (SSSR count). The summed E-state index contributed by atoms with van der Waals surface area (Å²) in [5.74, 6) is -0.0678. The highest BCUT2D eigenvalue weighted by Gasteiger charge is 2.21. The lowest BCUT2D eigenvalue weighted by Gasteiger charge is -2.23. The van der Waals surface area contributed by atoms with Crippen LogP contribution < -0.4 is 4.90 Å². The van der Waals surface area contributed by atoms with Gasteiger partial charge in [0.15, 0.2) is 0 Å². The minimum Gasteiger partial charge on any atom is -0.481 e. The third-order valence-corrected chi connectivity index (χ3v) is 4.00. The normalized spacial score (nSPS) is 15.8. The molecule has 0 aromatic carbocycles. The highest BCUT2D eigenvalue weighted by molar-refractivity contribution is 5.92. The molecule has 1 saturated carbocycles. The standard InChI is InChI=1S/C14H22N4O3/c19-12(7-6-11-4-2-1-3-5-11)18(9-8-13(20)21)14-15-10-16-17-14/h10-11H,1-9H2,(H,20,21)(H,15,16,17). The number of hydrogen-bond donors (Lipinski definition) is 2. The number of carbonyl (C=O) groups is 2. The number of carboxylic acids is 1. The summed E-state index contributed by atoms with van der Waals surface area (Å²) in [4.78, 5) is 28.4. The lowest BCUT2D eigenvalue weighted by atomic mass is 9.86. The Balaban J connectivity index is 1.89. The van der Waals surface area contributed by atoms with E-state index >= 15 is 0 Å². The molecule has 0 spiro atoms. The van der Waals surface area contributed by atoms with Gasteiger partial charge in [0.05, 0.1) is 6.42 Å². The lowest BCUT2D eigenvalue weighted by molar-refractivity contribution is -0.136. The molecule has 1 aromatic heterocycles. The summed E-state index contributed by atoms with van der Waals surface area (Å²) in [6.45, 7) is 0.119. The molecule has 116 valence electrons. The van der Waals surface area contributed by atoms with Crippen LogP contribution in [0.5, 0.6) is 0 Å². The predicted molar refractivity (Wildman–Crippen MR) is 76.8 cm³/mol. The summed E-state index contributed by atoms with van der Waals surface area (Å²) in [7, 11) is 0. The summed E-state index contributed by atoms with van der Waals surface area (Å²) < 4.78 is 0. The van der Waals surface area contributed by atoms with Crippen molar-refractivity contribution in [3.63, 3.8) is 0 Å². The molecule has 0 saturated heterocycles. The predicted octanol–water partition coefficient (Wildman–Crippen LogP) is 1.97. The molecule has 1 fully saturated rings. The van der Waals surface area contributed by atoms with Crippen LogP contribution in [0.2, 0.25) is 0 Å². The van der Waals surface area contributed by atoms with E-state index in [4.69, 9.17) is 5.11 Å². The van der Waals surface area contributed by atoms with Gasteiger partial charge in [-0.3, -0.25) is 14.5 Å². The highest BCUT2D eigenvalue weighted by Crippen LogP contribution is 2.27. The van der Waals surface area contributed by atoms with Crippen LogP contribution in [0.4, 0.5) is 5.95 Å². The van der Waals surface area contributed by atoms with Gasteiger partial charge in [-0.15, -0.1) is 0 Å². The topological polar surface area (TPSA) is 99.2 Å². The summed E-state index contributed by atoms with van der Waals surface area (Å²) in [6, 6.07) is 0. The Morgan fingerprint density at radius 2 is 2.05 bits per heavy atom. The van der Waals surface area contributed by atoms with Crippen molar-refractivity contribution in [2.75, 3.05) is 11.4 Å². The molecule has 2 N–H and O–H groups in total. The molecule has 21 heavy (non-hydrogen) atoms. The van der Waals surface area contributed by atoms with Crippen molar-refractivity contribution in [2.24, 2.45) is 5.92 Å². The van der Waals surface area contributed by atoms with Crippen LogP contribution in [0.1, 0.15) is 51.4 Å². The maximum Gasteiger partial charge on any atom is 0.305 e. The van der Waals surface area contributed by atoms with Gasteiger partial charge in [-0.2, -0.15) is 10.1 Å². The number of carboxylic acid groups (broad SMARTS) is 1. The summed E-state index contributed by atoms with van der Waals surface area (Å²) in [5, 5.41) is 15.1. The van der Waals surface area contributed by atoms with Crippen LogP contribution in [-0.4, -0.2) is 38.7 Å². The second-order valence-electron chi connectivity index (χ2n) is 5.54. The molecule has 0 atom stereocenters. The number of hydrogen-bond acceptors (Lipinski definition) is 4. The van der Waals surface area contributed by atoms with Crippen LogP contribution >= 0.6 is 0 Å². The maximum absolute atomic E-state index is 12.3. The average Bonchev–Trinajstić information content (AvgIpc) is 3.00. The fourth-order valence-corrected chi connectivity index (χ4v) is 2.82. The Morgan fingerprint density at radius 1 is 1.29 bits per heavy atom. The molecule has 1 aliphatic rings. The maximum atomic E-state index is 12.3. The van der Waals surface area contributed by atoms with Gasteiger partial charge in [0, 0.05) is 13.0 Å². The van der Waals surface area contributed by atoms with E-state index in [-0.39, 0.29) is 18.9 Å². The van der Waals surface area contributed by atoms with Gasteiger partial charge < -0.3 is 5.11 Å². The molecule has 0 unspecified atom stereocenters. The van der Waals surface area contributed by atoms with Crippen molar-refractivity contribution < 1.29 is 14.7 Å². The van der Waals surface area contributed by atoms with Crippen molar-refractivity contribution in [1.82, 2.24) is 15.2 Å². The van der Waals surface area contributed by atoms with Crippen molar-refractivity contribution >= 4 is 17.8 Å². The van der Waals surface area contributed by atoms with Crippen LogP contribution in [-0.2, 0) is 9.59 Å². The van der Waals surface area contributed by atoms with E-state index in [2.05, 4.69) is 15.2 Å². The summed E-state index contributed by atoms with van der Waals surface area (Å²) in [6.07, 6.45) is 8.73. The van der Waals surface area contributed by atoms with Crippen LogP contribution in [0.3, 0.4) is 0 Å². The smallest absolute Gasteiger partial charge is 0.305 e. The number of nitrogens with one attached hydrogen (secondary N) is 1. The summed E-state index contributed by atoms with van der Waals surface area (Å²) >= 11 is 0. The quantitative estimate of drug-likeness (QED) is 0.801. The van der Waals surface area contributed by atoms with Crippen molar-refractivity contribution in [3.05, 3.63) is 6.33 Å². The number of rotatable bonds is 7. The molecule has 1 aliphatic carbocycles. The average molecular weight is 294 g/mol. The summed E-state index contributed by atoms with van der Waals surface area (Å²) in [5.41, 5.74) is 0. The number of H-pyrrole nitrogens is 1. The third-order valence-electron chi connectivity index (χ3n) is 4.00. The number of aromatic nitrogens is 3. The number of amides is 1. The Labute approximate surface area is 123 Å². The van der Waals surface area contributed by atoms with Crippen LogP contribution in [0, 0.1) is 5.92 Å². The number of aromatic amines is 1. The second kappa shape index (κ2) is 7.75. The zero-order chi connectivity index (χ0) is 15.1. The molecule has 0 aliphatic heterocycles. The van der Waals surface area contributed by atoms with Crippen molar-refractivity contribution in [2.45, 2.75) is 51.4 Å². The molecule has 1 aromatic rings. The second-order valence-corrected chi connectivity index (χ2v) is 5.54. The number of aliphatic carboxylic acids is 1. The SMILES string of the molecule is O=C(O)CCN(C(=O)CCC1CCCCC1)c1ncn[nH]1. The number of anilines is 1. The molecule has 0 radical (unpaired) electrons. The molecular weight excluding hydrogens is 272 g/mol. The minimum absolute atomic E-state index is 0.0847. The Bertz CT molecular complexity index is 455. The molecule has 0 bridgehead atoms. The van der Waals surface area contributed by atoms with Gasteiger partial charge in [-0.05, 0) is 12.3 Å². The fraction of sp³-hybridized carbons (Fsp3) is 0.714.